The van der Waals surface area contributed by atoms with Crippen molar-refractivity contribution < 1.29 is 28.6 Å². The smallest absolute Gasteiger partial charge is 0.469 e. The number of esters is 1. The zero-order valence-corrected chi connectivity index (χ0v) is 17.7. The molecule has 158 valence electrons. The number of hydrogen-bond donors (Lipinski definition) is 0. The maximum atomic E-state index is 12.8. The minimum absolute atomic E-state index is 0.000486. The van der Waals surface area contributed by atoms with Crippen molar-refractivity contribution >= 4 is 17.9 Å². The summed E-state index contributed by atoms with van der Waals surface area (Å²) < 4.78 is 15.2. The van der Waals surface area contributed by atoms with Crippen molar-refractivity contribution in [3.05, 3.63) is 23.3 Å². The molecule has 2 unspecified atom stereocenters. The zero-order chi connectivity index (χ0) is 21.0. The highest BCUT2D eigenvalue weighted by Gasteiger charge is 2.59. The Labute approximate surface area is 171 Å². The molecule has 6 heteroatoms. The Kier molecular flexibility index (Phi) is 4.87. The van der Waals surface area contributed by atoms with Crippen molar-refractivity contribution in [3.63, 3.8) is 0 Å². The normalized spacial score (nSPS) is 40.6. The maximum Gasteiger partial charge on any atom is 0.508 e. The van der Waals surface area contributed by atoms with Gasteiger partial charge in [0.1, 0.15) is 11.9 Å². The molecule has 0 spiro atoms. The number of hydrogen-bond acceptors (Lipinski definition) is 6. The Bertz CT molecular complexity index is 810. The van der Waals surface area contributed by atoms with Gasteiger partial charge in [0, 0.05) is 29.6 Å². The minimum Gasteiger partial charge on any atom is -0.469 e. The highest BCUT2D eigenvalue weighted by molar-refractivity contribution is 5.88. The maximum absolute atomic E-state index is 12.8. The molecule has 0 saturated heterocycles. The number of carbonyl (C=O) groups excluding carboxylic acids is 3. The van der Waals surface area contributed by atoms with Crippen LogP contribution in [0.5, 0.6) is 0 Å². The summed E-state index contributed by atoms with van der Waals surface area (Å²) in [6.45, 7) is 4.30. The lowest BCUT2D eigenvalue weighted by Gasteiger charge is -2.54. The molecule has 0 amide bonds. The fourth-order valence-corrected chi connectivity index (χ4v) is 6.37. The van der Waals surface area contributed by atoms with E-state index >= 15 is 0 Å². The van der Waals surface area contributed by atoms with Crippen molar-refractivity contribution in [2.24, 2.45) is 28.6 Å². The average molecular weight is 402 g/mol. The van der Waals surface area contributed by atoms with Crippen molar-refractivity contribution in [1.29, 1.82) is 0 Å². The molecular weight excluding hydrogens is 372 g/mol. The van der Waals surface area contributed by atoms with Gasteiger partial charge in [-0.3, -0.25) is 9.59 Å². The summed E-state index contributed by atoms with van der Waals surface area (Å²) in [6.07, 6.45) is 7.70. The van der Waals surface area contributed by atoms with E-state index in [1.165, 1.54) is 19.8 Å². The topological polar surface area (TPSA) is 78.9 Å². The molecule has 4 aliphatic rings. The predicted octanol–water partition coefficient (Wildman–Crippen LogP) is 3.99. The number of methoxy groups -OCH3 is 2. The fourth-order valence-electron chi connectivity index (χ4n) is 6.37. The minimum atomic E-state index is -0.672. The van der Waals surface area contributed by atoms with Crippen LogP contribution in [0, 0.1) is 28.6 Å². The van der Waals surface area contributed by atoms with Crippen molar-refractivity contribution in [3.8, 4) is 0 Å². The predicted molar refractivity (Wildman–Crippen MR) is 105 cm³/mol. The first kappa shape index (κ1) is 20.2. The van der Waals surface area contributed by atoms with Crippen LogP contribution in [0.2, 0.25) is 0 Å². The molecule has 0 aliphatic heterocycles. The highest BCUT2D eigenvalue weighted by atomic mass is 16.7. The SMILES string of the molecule is COC(=O)OC1CC[C@@]2(C)C(=C[C@@H](C(=O)OC)[C@@H]3C2=CC[C@]2(C)C(=O)CCC32)C1. The van der Waals surface area contributed by atoms with Crippen LogP contribution in [-0.4, -0.2) is 38.2 Å². The molecule has 0 heterocycles. The largest absolute Gasteiger partial charge is 0.508 e. The van der Waals surface area contributed by atoms with Gasteiger partial charge in [-0.25, -0.2) is 4.79 Å². The molecule has 0 radical (unpaired) electrons. The average Bonchev–Trinajstić information content (AvgIpc) is 3.02. The van der Waals surface area contributed by atoms with Gasteiger partial charge in [0.25, 0.3) is 0 Å². The zero-order valence-electron chi connectivity index (χ0n) is 17.7. The van der Waals surface area contributed by atoms with Gasteiger partial charge in [0.05, 0.1) is 20.1 Å². The standard InChI is InChI=1S/C23H30O6/c1-22-9-7-14(29-21(26)28-4)11-13(22)12-15(20(25)27-3)19-16-5-6-18(24)23(16,2)10-8-17(19)22/h8,12,14-16,19H,5-7,9-11H2,1-4H3/t14?,15-,16?,19+,22+,23+/m1/s1. The van der Waals surface area contributed by atoms with E-state index in [1.54, 1.807) is 0 Å². The van der Waals surface area contributed by atoms with E-state index in [-0.39, 0.29) is 34.7 Å². The van der Waals surface area contributed by atoms with Crippen LogP contribution in [-0.2, 0) is 23.8 Å². The molecule has 0 aromatic carbocycles. The van der Waals surface area contributed by atoms with Crippen molar-refractivity contribution in [2.75, 3.05) is 14.2 Å². The Morgan fingerprint density at radius 1 is 1.14 bits per heavy atom. The van der Waals surface area contributed by atoms with Crippen LogP contribution in [0.3, 0.4) is 0 Å². The van der Waals surface area contributed by atoms with Crippen LogP contribution in [0.1, 0.15) is 52.4 Å². The van der Waals surface area contributed by atoms with Gasteiger partial charge in [0.2, 0.25) is 0 Å². The summed E-state index contributed by atoms with van der Waals surface area (Å²) in [7, 11) is 2.73. The van der Waals surface area contributed by atoms with Gasteiger partial charge in [0.15, 0.2) is 0 Å². The van der Waals surface area contributed by atoms with E-state index < -0.39 is 12.1 Å². The second-order valence-electron chi connectivity index (χ2n) is 9.38. The first-order valence-corrected chi connectivity index (χ1v) is 10.5. The number of ether oxygens (including phenoxy) is 3. The number of fused-ring (bicyclic) bond motifs is 5. The summed E-state index contributed by atoms with van der Waals surface area (Å²) in [5.74, 6) is -0.175. The van der Waals surface area contributed by atoms with Gasteiger partial charge in [-0.15, -0.1) is 0 Å². The number of carbonyl (C=O) groups is 3. The second kappa shape index (κ2) is 6.99. The van der Waals surface area contributed by atoms with Gasteiger partial charge >= 0.3 is 12.1 Å². The van der Waals surface area contributed by atoms with Gasteiger partial charge in [-0.05, 0) is 31.6 Å². The van der Waals surface area contributed by atoms with Crippen LogP contribution >= 0.6 is 0 Å². The van der Waals surface area contributed by atoms with E-state index in [4.69, 9.17) is 9.47 Å². The van der Waals surface area contributed by atoms with Crippen molar-refractivity contribution in [1.82, 2.24) is 0 Å². The van der Waals surface area contributed by atoms with E-state index in [1.807, 2.05) is 0 Å². The second-order valence-corrected chi connectivity index (χ2v) is 9.38. The molecule has 0 aromatic heterocycles. The third-order valence-corrected chi connectivity index (χ3v) is 8.11. The molecule has 2 fully saturated rings. The fraction of sp³-hybridized carbons (Fsp3) is 0.696. The summed E-state index contributed by atoms with van der Waals surface area (Å²) in [5.41, 5.74) is 1.86. The van der Waals surface area contributed by atoms with Gasteiger partial charge in [-0.2, -0.15) is 0 Å². The molecular formula is C23H30O6. The monoisotopic (exact) mass is 402 g/mol. The highest BCUT2D eigenvalue weighted by Crippen LogP contribution is 2.63. The van der Waals surface area contributed by atoms with Gasteiger partial charge < -0.3 is 14.2 Å². The summed E-state index contributed by atoms with van der Waals surface area (Å²) in [6, 6.07) is 0. The molecule has 4 aliphatic carbocycles. The number of ketones is 1. The van der Waals surface area contributed by atoms with Crippen LogP contribution in [0.25, 0.3) is 0 Å². The lowest BCUT2D eigenvalue weighted by atomic mass is 9.50. The molecule has 0 aromatic rings. The van der Waals surface area contributed by atoms with Crippen LogP contribution in [0.15, 0.2) is 23.3 Å². The molecule has 0 bridgehead atoms. The number of Topliss-reactive ketones (excluding diaryl/α,β-unsaturated/α-hetero) is 1. The van der Waals surface area contributed by atoms with Crippen LogP contribution < -0.4 is 0 Å². The lowest BCUT2D eigenvalue weighted by Crippen LogP contribution is -2.49. The molecule has 29 heavy (non-hydrogen) atoms. The molecule has 6 atom stereocenters. The van der Waals surface area contributed by atoms with E-state index in [2.05, 4.69) is 30.7 Å². The molecule has 4 rings (SSSR count). The lowest BCUT2D eigenvalue weighted by molar-refractivity contribution is -0.147. The number of rotatable bonds is 2. The van der Waals surface area contributed by atoms with Crippen molar-refractivity contribution in [2.45, 2.75) is 58.5 Å². The van der Waals surface area contributed by atoms with E-state index in [9.17, 15) is 14.4 Å². The first-order chi connectivity index (χ1) is 13.7. The van der Waals surface area contributed by atoms with E-state index in [0.717, 1.165) is 31.3 Å². The number of allylic oxidation sites excluding steroid dienone is 2. The Hall–Kier alpha value is -2.11. The Morgan fingerprint density at radius 2 is 1.90 bits per heavy atom. The third kappa shape index (κ3) is 2.94. The first-order valence-electron chi connectivity index (χ1n) is 10.5. The molecule has 0 N–H and O–H groups in total. The van der Waals surface area contributed by atoms with E-state index in [0.29, 0.717) is 18.6 Å². The third-order valence-electron chi connectivity index (χ3n) is 8.11. The molecule has 2 saturated carbocycles. The Morgan fingerprint density at radius 3 is 2.59 bits per heavy atom. The summed E-state index contributed by atoms with van der Waals surface area (Å²) in [4.78, 5) is 37.0. The quantitative estimate of drug-likeness (QED) is 0.513. The summed E-state index contributed by atoms with van der Waals surface area (Å²) >= 11 is 0. The molecule has 6 nitrogen and oxygen atoms in total. The summed E-state index contributed by atoms with van der Waals surface area (Å²) in [5, 5.41) is 0. The van der Waals surface area contributed by atoms with Crippen LogP contribution in [0.4, 0.5) is 4.79 Å². The van der Waals surface area contributed by atoms with Gasteiger partial charge in [-0.1, -0.05) is 37.1 Å². The Balaban J connectivity index is 1.74.